The van der Waals surface area contributed by atoms with Gasteiger partial charge in [0.2, 0.25) is 5.91 Å². The summed E-state index contributed by atoms with van der Waals surface area (Å²) in [4.78, 5) is 25.4. The van der Waals surface area contributed by atoms with Crippen LogP contribution in [0.2, 0.25) is 0 Å². The van der Waals surface area contributed by atoms with Gasteiger partial charge in [0.15, 0.2) is 0 Å². The van der Waals surface area contributed by atoms with Gasteiger partial charge in [-0.25, -0.2) is 4.68 Å². The van der Waals surface area contributed by atoms with E-state index in [0.717, 1.165) is 0 Å². The SMILES string of the molecule is COc1cccc(NC(=O)Cn2nc(C)c3cnn(C(C)(C)C)c3c2=O)c1. The van der Waals surface area contributed by atoms with E-state index in [1.54, 1.807) is 49.2 Å². The Balaban J connectivity index is 1.94. The summed E-state index contributed by atoms with van der Waals surface area (Å²) in [5, 5.41) is 12.1. The van der Waals surface area contributed by atoms with Crippen LogP contribution in [0.15, 0.2) is 35.3 Å². The molecule has 0 atom stereocenters. The topological polar surface area (TPSA) is 91.0 Å². The Morgan fingerprint density at radius 3 is 2.70 bits per heavy atom. The number of rotatable bonds is 4. The predicted molar refractivity (Wildman–Crippen MR) is 103 cm³/mol. The number of carbonyl (C=O) groups excluding carboxylic acids is 1. The number of aromatic nitrogens is 4. The molecule has 0 unspecified atom stereocenters. The van der Waals surface area contributed by atoms with Gasteiger partial charge in [-0.05, 0) is 39.8 Å². The minimum absolute atomic E-state index is 0.192. The zero-order valence-corrected chi connectivity index (χ0v) is 16.1. The number of nitrogens with zero attached hydrogens (tertiary/aromatic N) is 4. The van der Waals surface area contributed by atoms with Crippen LogP contribution in [-0.2, 0) is 16.9 Å². The van der Waals surface area contributed by atoms with Crippen LogP contribution in [0.4, 0.5) is 5.69 Å². The molecule has 2 aromatic heterocycles. The molecule has 0 aliphatic carbocycles. The predicted octanol–water partition coefficient (Wildman–Crippen LogP) is 2.30. The van der Waals surface area contributed by atoms with Gasteiger partial charge in [0, 0.05) is 17.1 Å². The Labute approximate surface area is 156 Å². The molecule has 8 heteroatoms. The van der Waals surface area contributed by atoms with Crippen molar-refractivity contribution in [2.45, 2.75) is 39.8 Å². The van der Waals surface area contributed by atoms with E-state index in [-0.39, 0.29) is 23.6 Å². The van der Waals surface area contributed by atoms with Gasteiger partial charge >= 0.3 is 0 Å². The van der Waals surface area contributed by atoms with Crippen LogP contribution in [0.1, 0.15) is 26.5 Å². The van der Waals surface area contributed by atoms with Crippen molar-refractivity contribution in [3.63, 3.8) is 0 Å². The van der Waals surface area contributed by atoms with E-state index < -0.39 is 0 Å². The first-order chi connectivity index (χ1) is 12.7. The first-order valence-electron chi connectivity index (χ1n) is 8.60. The van der Waals surface area contributed by atoms with Crippen molar-refractivity contribution in [1.29, 1.82) is 0 Å². The molecule has 0 aliphatic heterocycles. The molecule has 0 saturated heterocycles. The zero-order valence-electron chi connectivity index (χ0n) is 16.1. The van der Waals surface area contributed by atoms with Crippen molar-refractivity contribution in [3.05, 3.63) is 46.5 Å². The molecule has 1 aromatic carbocycles. The van der Waals surface area contributed by atoms with Gasteiger partial charge in [-0.15, -0.1) is 0 Å². The molecule has 0 aliphatic rings. The van der Waals surface area contributed by atoms with Gasteiger partial charge in [0.05, 0.1) is 24.5 Å². The number of fused-ring (bicyclic) bond motifs is 1. The van der Waals surface area contributed by atoms with Crippen molar-refractivity contribution < 1.29 is 9.53 Å². The maximum absolute atomic E-state index is 12.9. The molecular weight excluding hydrogens is 346 g/mol. The third-order valence-electron chi connectivity index (χ3n) is 4.15. The number of hydrogen-bond donors (Lipinski definition) is 1. The molecule has 1 N–H and O–H groups in total. The lowest BCUT2D eigenvalue weighted by Crippen LogP contribution is -2.33. The summed E-state index contributed by atoms with van der Waals surface area (Å²) >= 11 is 0. The van der Waals surface area contributed by atoms with Crippen molar-refractivity contribution in [1.82, 2.24) is 19.6 Å². The Hall–Kier alpha value is -3.16. The van der Waals surface area contributed by atoms with Crippen LogP contribution < -0.4 is 15.6 Å². The highest BCUT2D eigenvalue weighted by Crippen LogP contribution is 2.20. The Kier molecular flexibility index (Phi) is 4.73. The lowest BCUT2D eigenvalue weighted by atomic mass is 10.1. The summed E-state index contributed by atoms with van der Waals surface area (Å²) in [6.45, 7) is 7.51. The Morgan fingerprint density at radius 2 is 2.04 bits per heavy atom. The molecule has 0 radical (unpaired) electrons. The second kappa shape index (κ2) is 6.86. The van der Waals surface area contributed by atoms with Gasteiger partial charge in [-0.1, -0.05) is 6.07 Å². The van der Waals surface area contributed by atoms with Crippen LogP contribution in [-0.4, -0.2) is 32.6 Å². The van der Waals surface area contributed by atoms with Gasteiger partial charge in [0.1, 0.15) is 17.8 Å². The molecule has 8 nitrogen and oxygen atoms in total. The minimum Gasteiger partial charge on any atom is -0.497 e. The molecule has 2 heterocycles. The number of amides is 1. The fraction of sp³-hybridized carbons (Fsp3) is 0.368. The smallest absolute Gasteiger partial charge is 0.293 e. The van der Waals surface area contributed by atoms with Crippen LogP contribution >= 0.6 is 0 Å². The van der Waals surface area contributed by atoms with E-state index in [9.17, 15) is 9.59 Å². The van der Waals surface area contributed by atoms with Gasteiger partial charge in [-0.2, -0.15) is 10.2 Å². The molecule has 3 rings (SSSR count). The standard InChI is InChI=1S/C19H23N5O3/c1-12-15-10-20-24(19(2,3)4)17(15)18(26)23(22-12)11-16(25)21-13-7-6-8-14(9-13)27-5/h6-10H,11H2,1-5H3,(H,21,25). The summed E-state index contributed by atoms with van der Waals surface area (Å²) in [5.74, 6) is 0.285. The van der Waals surface area contributed by atoms with E-state index in [1.807, 2.05) is 20.8 Å². The van der Waals surface area contributed by atoms with Crippen molar-refractivity contribution >= 4 is 22.5 Å². The second-order valence-electron chi connectivity index (χ2n) is 7.32. The Morgan fingerprint density at radius 1 is 1.30 bits per heavy atom. The third-order valence-corrected chi connectivity index (χ3v) is 4.15. The average molecular weight is 369 g/mol. The van der Waals surface area contributed by atoms with E-state index in [2.05, 4.69) is 15.5 Å². The highest BCUT2D eigenvalue weighted by atomic mass is 16.5. The van der Waals surface area contributed by atoms with E-state index >= 15 is 0 Å². The van der Waals surface area contributed by atoms with Crippen LogP contribution in [0.3, 0.4) is 0 Å². The Bertz CT molecular complexity index is 1060. The zero-order chi connectivity index (χ0) is 19.8. The number of ether oxygens (including phenoxy) is 1. The first kappa shape index (κ1) is 18.6. The number of aryl methyl sites for hydroxylation is 1. The summed E-state index contributed by atoms with van der Waals surface area (Å²) in [6.07, 6.45) is 1.64. The lowest BCUT2D eigenvalue weighted by Gasteiger charge is -2.20. The summed E-state index contributed by atoms with van der Waals surface area (Å²) in [5.41, 5.74) is 0.974. The summed E-state index contributed by atoms with van der Waals surface area (Å²) in [6, 6.07) is 7.01. The quantitative estimate of drug-likeness (QED) is 0.762. The van der Waals surface area contributed by atoms with Gasteiger partial charge < -0.3 is 10.1 Å². The normalized spacial score (nSPS) is 11.6. The van der Waals surface area contributed by atoms with Crippen LogP contribution in [0.25, 0.3) is 10.9 Å². The number of benzene rings is 1. The summed E-state index contributed by atoms with van der Waals surface area (Å²) in [7, 11) is 1.56. The monoisotopic (exact) mass is 369 g/mol. The van der Waals surface area contributed by atoms with Crippen molar-refractivity contribution in [3.8, 4) is 5.75 Å². The number of methoxy groups -OCH3 is 1. The molecular formula is C19H23N5O3. The van der Waals surface area contributed by atoms with Gasteiger partial charge in [0.25, 0.3) is 5.56 Å². The van der Waals surface area contributed by atoms with Crippen LogP contribution in [0.5, 0.6) is 5.75 Å². The number of nitrogens with one attached hydrogen (secondary N) is 1. The second-order valence-corrected chi connectivity index (χ2v) is 7.32. The highest BCUT2D eigenvalue weighted by molar-refractivity contribution is 5.91. The maximum atomic E-state index is 12.9. The van der Waals surface area contributed by atoms with Gasteiger partial charge in [-0.3, -0.25) is 14.3 Å². The molecule has 0 fully saturated rings. The maximum Gasteiger partial charge on any atom is 0.293 e. The first-order valence-corrected chi connectivity index (χ1v) is 8.60. The highest BCUT2D eigenvalue weighted by Gasteiger charge is 2.22. The van der Waals surface area contributed by atoms with Crippen LogP contribution in [0, 0.1) is 6.92 Å². The average Bonchev–Trinajstić information content (AvgIpc) is 3.06. The number of anilines is 1. The molecule has 0 spiro atoms. The molecule has 27 heavy (non-hydrogen) atoms. The molecule has 1 amide bonds. The fourth-order valence-corrected chi connectivity index (χ4v) is 2.87. The van der Waals surface area contributed by atoms with Crippen molar-refractivity contribution in [2.24, 2.45) is 0 Å². The largest absolute Gasteiger partial charge is 0.497 e. The molecule has 0 saturated carbocycles. The molecule has 3 aromatic rings. The van der Waals surface area contributed by atoms with E-state index in [1.165, 1.54) is 4.68 Å². The number of hydrogen-bond acceptors (Lipinski definition) is 5. The molecule has 142 valence electrons. The van der Waals surface area contributed by atoms with Crippen molar-refractivity contribution in [2.75, 3.05) is 12.4 Å². The number of carbonyl (C=O) groups is 1. The minimum atomic E-state index is -0.366. The summed E-state index contributed by atoms with van der Waals surface area (Å²) < 4.78 is 8.00. The van der Waals surface area contributed by atoms with E-state index in [4.69, 9.17) is 4.74 Å². The third kappa shape index (κ3) is 3.69. The lowest BCUT2D eigenvalue weighted by molar-refractivity contribution is -0.117. The molecule has 0 bridgehead atoms. The van der Waals surface area contributed by atoms with E-state index in [0.29, 0.717) is 28.0 Å². The fourth-order valence-electron chi connectivity index (χ4n) is 2.87.